The summed E-state index contributed by atoms with van der Waals surface area (Å²) >= 11 is 0. The first-order chi connectivity index (χ1) is 14.9. The molecule has 178 valence electrons. The number of carbonyl (C=O) groups excluding carboxylic acids is 2. The SMILES string of the molecule is NCCCC/C=C\CCCCCCC(=O)N(CCCCNC=O)C(CC(=O)O)C(=O)O. The Morgan fingerprint density at radius 3 is 2.13 bits per heavy atom. The molecule has 0 aliphatic heterocycles. The summed E-state index contributed by atoms with van der Waals surface area (Å²) < 4.78 is 0. The summed E-state index contributed by atoms with van der Waals surface area (Å²) in [5, 5.41) is 20.9. The molecule has 0 saturated heterocycles. The lowest BCUT2D eigenvalue weighted by atomic mass is 10.1. The van der Waals surface area contributed by atoms with E-state index in [1.165, 1.54) is 4.90 Å². The van der Waals surface area contributed by atoms with Crippen molar-refractivity contribution in [1.82, 2.24) is 10.2 Å². The minimum atomic E-state index is -1.38. The number of carboxylic acid groups (broad SMARTS) is 2. The van der Waals surface area contributed by atoms with Gasteiger partial charge in [0.05, 0.1) is 6.42 Å². The van der Waals surface area contributed by atoms with Crippen LogP contribution in [0.15, 0.2) is 12.2 Å². The van der Waals surface area contributed by atoms with Crippen molar-refractivity contribution >= 4 is 24.3 Å². The number of amides is 2. The number of unbranched alkanes of at least 4 members (excludes halogenated alkanes) is 7. The van der Waals surface area contributed by atoms with Gasteiger partial charge in [0.25, 0.3) is 0 Å². The van der Waals surface area contributed by atoms with Gasteiger partial charge in [-0.2, -0.15) is 0 Å². The lowest BCUT2D eigenvalue weighted by molar-refractivity contribution is -0.154. The largest absolute Gasteiger partial charge is 0.481 e. The third-order valence-electron chi connectivity index (χ3n) is 4.91. The summed E-state index contributed by atoms with van der Waals surface area (Å²) in [5.41, 5.74) is 5.45. The lowest BCUT2D eigenvalue weighted by Crippen LogP contribution is -2.46. The summed E-state index contributed by atoms with van der Waals surface area (Å²) in [6.07, 6.45) is 13.3. The molecule has 0 radical (unpaired) electrons. The Kier molecular flexibility index (Phi) is 18.0. The summed E-state index contributed by atoms with van der Waals surface area (Å²) in [4.78, 5) is 46.7. The zero-order valence-electron chi connectivity index (χ0n) is 18.5. The van der Waals surface area contributed by atoms with E-state index in [4.69, 9.17) is 10.8 Å². The first-order valence-electron chi connectivity index (χ1n) is 11.2. The summed E-state index contributed by atoms with van der Waals surface area (Å²) in [5.74, 6) is -2.92. The van der Waals surface area contributed by atoms with E-state index in [9.17, 15) is 24.3 Å². The Hall–Kier alpha value is -2.42. The third kappa shape index (κ3) is 16.0. The van der Waals surface area contributed by atoms with Gasteiger partial charge >= 0.3 is 11.9 Å². The molecule has 0 heterocycles. The number of carbonyl (C=O) groups is 4. The number of hydrogen-bond donors (Lipinski definition) is 4. The van der Waals surface area contributed by atoms with E-state index in [-0.39, 0.29) is 18.9 Å². The zero-order chi connectivity index (χ0) is 23.3. The molecule has 0 aromatic rings. The van der Waals surface area contributed by atoms with Crippen LogP contribution < -0.4 is 11.1 Å². The van der Waals surface area contributed by atoms with Crippen LogP contribution in [-0.2, 0) is 19.2 Å². The summed E-state index contributed by atoms with van der Waals surface area (Å²) in [6.45, 7) is 1.30. The van der Waals surface area contributed by atoms with Crippen LogP contribution in [0.5, 0.6) is 0 Å². The van der Waals surface area contributed by atoms with Crippen LogP contribution in [0.25, 0.3) is 0 Å². The van der Waals surface area contributed by atoms with Gasteiger partial charge in [0.1, 0.15) is 6.04 Å². The number of aliphatic carboxylic acids is 2. The second kappa shape index (κ2) is 19.5. The number of allylic oxidation sites excluding steroid dienone is 2. The normalized spacial score (nSPS) is 11.9. The minimum absolute atomic E-state index is 0.151. The molecule has 0 saturated carbocycles. The smallest absolute Gasteiger partial charge is 0.327 e. The monoisotopic (exact) mass is 441 g/mol. The lowest BCUT2D eigenvalue weighted by Gasteiger charge is -2.28. The van der Waals surface area contributed by atoms with E-state index in [0.717, 1.165) is 51.5 Å². The van der Waals surface area contributed by atoms with Crippen LogP contribution in [0, 0.1) is 0 Å². The van der Waals surface area contributed by atoms with Crippen LogP contribution >= 0.6 is 0 Å². The second-order valence-electron chi connectivity index (χ2n) is 7.53. The number of nitrogens with zero attached hydrogens (tertiary/aromatic N) is 1. The first kappa shape index (κ1) is 28.6. The van der Waals surface area contributed by atoms with Gasteiger partial charge in [-0.25, -0.2) is 4.79 Å². The molecule has 0 bridgehead atoms. The van der Waals surface area contributed by atoms with Gasteiger partial charge in [-0.3, -0.25) is 14.4 Å². The van der Waals surface area contributed by atoms with Crippen LogP contribution in [0.1, 0.15) is 77.0 Å². The quantitative estimate of drug-likeness (QED) is 0.121. The highest BCUT2D eigenvalue weighted by atomic mass is 16.4. The average molecular weight is 442 g/mol. The predicted molar refractivity (Wildman–Crippen MR) is 118 cm³/mol. The number of carboxylic acids is 2. The van der Waals surface area contributed by atoms with Crippen molar-refractivity contribution in [3.05, 3.63) is 12.2 Å². The molecule has 0 aromatic heterocycles. The second-order valence-corrected chi connectivity index (χ2v) is 7.53. The van der Waals surface area contributed by atoms with Gasteiger partial charge in [0.2, 0.25) is 12.3 Å². The van der Waals surface area contributed by atoms with Gasteiger partial charge in [0, 0.05) is 19.5 Å². The first-order valence-corrected chi connectivity index (χ1v) is 11.2. The molecule has 5 N–H and O–H groups in total. The molecule has 31 heavy (non-hydrogen) atoms. The molecule has 1 atom stereocenters. The maximum atomic E-state index is 12.6. The zero-order valence-corrected chi connectivity index (χ0v) is 18.5. The molecule has 1 unspecified atom stereocenters. The maximum Gasteiger partial charge on any atom is 0.327 e. The molecule has 9 nitrogen and oxygen atoms in total. The molecular weight excluding hydrogens is 402 g/mol. The Morgan fingerprint density at radius 2 is 1.55 bits per heavy atom. The van der Waals surface area contributed by atoms with Gasteiger partial charge in [0.15, 0.2) is 0 Å². The van der Waals surface area contributed by atoms with Crippen molar-refractivity contribution in [3.8, 4) is 0 Å². The molecule has 0 spiro atoms. The molecule has 2 amide bonds. The molecule has 0 rings (SSSR count). The summed E-state index contributed by atoms with van der Waals surface area (Å²) in [7, 11) is 0. The van der Waals surface area contributed by atoms with Crippen molar-refractivity contribution in [2.24, 2.45) is 5.73 Å². The molecule has 0 aliphatic carbocycles. The van der Waals surface area contributed by atoms with Gasteiger partial charge in [-0.05, 0) is 57.9 Å². The van der Waals surface area contributed by atoms with Crippen molar-refractivity contribution < 1.29 is 29.4 Å². The number of nitrogens with one attached hydrogen (secondary N) is 1. The Morgan fingerprint density at radius 1 is 0.903 bits per heavy atom. The third-order valence-corrected chi connectivity index (χ3v) is 4.91. The van der Waals surface area contributed by atoms with Crippen molar-refractivity contribution in [2.75, 3.05) is 19.6 Å². The average Bonchev–Trinajstić information content (AvgIpc) is 2.72. The van der Waals surface area contributed by atoms with Crippen molar-refractivity contribution in [3.63, 3.8) is 0 Å². The molecule has 0 aromatic carbocycles. The van der Waals surface area contributed by atoms with E-state index >= 15 is 0 Å². The standard InChI is InChI=1S/C22H39N3O6/c23-14-10-8-6-4-2-1-3-5-7-9-13-20(27)25(16-12-11-15-24-18-26)19(22(30)31)17-21(28)29/h2,4,18-19H,1,3,5-17,23H2,(H,24,26)(H,28,29)(H,30,31)/b4-2-. The Balaban J connectivity index is 4.40. The fourth-order valence-corrected chi connectivity index (χ4v) is 3.20. The van der Waals surface area contributed by atoms with E-state index in [2.05, 4.69) is 17.5 Å². The number of nitrogens with two attached hydrogens (primary N) is 1. The van der Waals surface area contributed by atoms with Crippen LogP contribution in [0.2, 0.25) is 0 Å². The molecule has 0 aliphatic rings. The highest BCUT2D eigenvalue weighted by molar-refractivity contribution is 5.86. The highest BCUT2D eigenvalue weighted by Gasteiger charge is 2.31. The van der Waals surface area contributed by atoms with Crippen LogP contribution in [0.3, 0.4) is 0 Å². The fraction of sp³-hybridized carbons (Fsp3) is 0.727. The summed E-state index contributed by atoms with van der Waals surface area (Å²) in [6, 6.07) is -1.38. The topological polar surface area (TPSA) is 150 Å². The van der Waals surface area contributed by atoms with Gasteiger partial charge < -0.3 is 26.2 Å². The van der Waals surface area contributed by atoms with Crippen molar-refractivity contribution in [2.45, 2.75) is 83.1 Å². The number of hydrogen-bond acceptors (Lipinski definition) is 5. The van der Waals surface area contributed by atoms with Crippen LogP contribution in [0.4, 0.5) is 0 Å². The van der Waals surface area contributed by atoms with Gasteiger partial charge in [-0.15, -0.1) is 0 Å². The maximum absolute atomic E-state index is 12.6. The molecular formula is C22H39N3O6. The Bertz CT molecular complexity index is 553. The fourth-order valence-electron chi connectivity index (χ4n) is 3.20. The Labute approximate surface area is 185 Å². The minimum Gasteiger partial charge on any atom is -0.481 e. The molecule has 0 fully saturated rings. The van der Waals surface area contributed by atoms with Crippen LogP contribution in [-0.4, -0.2) is 65.0 Å². The van der Waals surface area contributed by atoms with E-state index in [1.807, 2.05) is 0 Å². The van der Waals surface area contributed by atoms with E-state index < -0.39 is 24.4 Å². The van der Waals surface area contributed by atoms with Gasteiger partial charge in [-0.1, -0.05) is 25.0 Å². The highest BCUT2D eigenvalue weighted by Crippen LogP contribution is 2.13. The number of rotatable bonds is 21. The van der Waals surface area contributed by atoms with E-state index in [0.29, 0.717) is 32.2 Å². The van der Waals surface area contributed by atoms with Crippen molar-refractivity contribution in [1.29, 1.82) is 0 Å². The predicted octanol–water partition coefficient (Wildman–Crippen LogP) is 2.29. The van der Waals surface area contributed by atoms with E-state index in [1.54, 1.807) is 0 Å². The molecule has 9 heteroatoms.